The number of hydrogen-bond acceptors (Lipinski definition) is 4. The summed E-state index contributed by atoms with van der Waals surface area (Å²) in [7, 11) is 4.33. The van der Waals surface area contributed by atoms with Gasteiger partial charge in [-0.25, -0.2) is 0 Å². The summed E-state index contributed by atoms with van der Waals surface area (Å²) in [5.41, 5.74) is 5.99. The van der Waals surface area contributed by atoms with Gasteiger partial charge < -0.3 is 15.1 Å². The van der Waals surface area contributed by atoms with E-state index in [4.69, 9.17) is 5.10 Å². The number of nitrogens with one attached hydrogen (secondary N) is 1. The number of hydrogen-bond donors (Lipinski definition) is 1. The van der Waals surface area contributed by atoms with Crippen LogP contribution in [-0.2, 0) is 7.05 Å². The Hall–Kier alpha value is -2.11. The average molecular weight is 420 g/mol. The van der Waals surface area contributed by atoms with Gasteiger partial charge in [-0.15, -0.1) is 0 Å². The van der Waals surface area contributed by atoms with Crippen molar-refractivity contribution in [2.45, 2.75) is 56.4 Å². The molecule has 31 heavy (non-hydrogen) atoms. The van der Waals surface area contributed by atoms with Gasteiger partial charge in [0.2, 0.25) is 0 Å². The SMILES string of the molecule is C=C1CCC(c2nn(C)c3cc(C4CCN(C5CCN(C)CC5)CC4)ccc23)C(=C)N1. The van der Waals surface area contributed by atoms with Crippen LogP contribution in [0.1, 0.15) is 61.6 Å². The van der Waals surface area contributed by atoms with Crippen molar-refractivity contribution in [1.82, 2.24) is 24.9 Å². The van der Waals surface area contributed by atoms with E-state index in [1.165, 1.54) is 68.3 Å². The van der Waals surface area contributed by atoms with Gasteiger partial charge in [-0.1, -0.05) is 25.3 Å². The molecule has 1 unspecified atom stereocenters. The molecule has 0 aliphatic carbocycles. The zero-order chi connectivity index (χ0) is 21.5. The number of benzene rings is 1. The standard InChI is InChI=1S/C26H37N5/c1-18-5-7-23(19(2)27-18)26-24-8-6-21(17-25(24)30(4)28-26)20-9-15-31(16-10-20)22-11-13-29(3)14-12-22/h6,8,17,20,22-23,27H,1-2,5,7,9-16H2,3-4H3. The number of piperidine rings is 3. The summed E-state index contributed by atoms with van der Waals surface area (Å²) in [5, 5.41) is 9.55. The molecule has 0 bridgehead atoms. The molecule has 5 nitrogen and oxygen atoms in total. The minimum Gasteiger partial charge on any atom is -0.363 e. The molecule has 3 aliphatic heterocycles. The number of aromatic nitrogens is 2. The zero-order valence-electron chi connectivity index (χ0n) is 19.2. The third-order valence-corrected chi connectivity index (χ3v) is 7.93. The van der Waals surface area contributed by atoms with E-state index < -0.39 is 0 Å². The zero-order valence-corrected chi connectivity index (χ0v) is 19.2. The lowest BCUT2D eigenvalue weighted by Crippen LogP contribution is -2.46. The van der Waals surface area contributed by atoms with Crippen LogP contribution in [0.2, 0.25) is 0 Å². The summed E-state index contributed by atoms with van der Waals surface area (Å²) in [6.07, 6.45) is 7.23. The normalized spacial score (nSPS) is 25.3. The molecule has 1 aromatic heterocycles. The van der Waals surface area contributed by atoms with Crippen LogP contribution in [0.15, 0.2) is 42.8 Å². The Labute approximate surface area is 186 Å². The van der Waals surface area contributed by atoms with Crippen LogP contribution in [0.3, 0.4) is 0 Å². The van der Waals surface area contributed by atoms with Crippen molar-refractivity contribution in [2.75, 3.05) is 33.2 Å². The minimum atomic E-state index is 0.262. The van der Waals surface area contributed by atoms with E-state index in [2.05, 4.69) is 65.3 Å². The second-order valence-electron chi connectivity index (χ2n) is 9.98. The van der Waals surface area contributed by atoms with Crippen molar-refractivity contribution in [3.8, 4) is 0 Å². The number of rotatable bonds is 3. The van der Waals surface area contributed by atoms with Gasteiger partial charge in [-0.05, 0) is 89.3 Å². The quantitative estimate of drug-likeness (QED) is 0.803. The van der Waals surface area contributed by atoms with Crippen molar-refractivity contribution in [3.63, 3.8) is 0 Å². The van der Waals surface area contributed by atoms with E-state index in [0.717, 1.165) is 36.0 Å². The molecule has 0 saturated carbocycles. The van der Waals surface area contributed by atoms with Gasteiger partial charge in [0.05, 0.1) is 11.2 Å². The Morgan fingerprint density at radius 2 is 1.71 bits per heavy atom. The Kier molecular flexibility index (Phi) is 5.65. The number of nitrogens with zero attached hydrogens (tertiary/aromatic N) is 4. The van der Waals surface area contributed by atoms with Crippen molar-refractivity contribution in [3.05, 3.63) is 54.0 Å². The Bertz CT molecular complexity index is 973. The monoisotopic (exact) mass is 419 g/mol. The van der Waals surface area contributed by atoms with Gasteiger partial charge in [0, 0.05) is 35.8 Å². The molecule has 3 saturated heterocycles. The lowest BCUT2D eigenvalue weighted by atomic mass is 9.86. The van der Waals surface area contributed by atoms with Gasteiger partial charge >= 0.3 is 0 Å². The molecule has 0 radical (unpaired) electrons. The summed E-state index contributed by atoms with van der Waals surface area (Å²) in [5.74, 6) is 0.928. The molecule has 1 atom stereocenters. The van der Waals surface area contributed by atoms with Crippen molar-refractivity contribution in [1.29, 1.82) is 0 Å². The number of aryl methyl sites for hydroxylation is 1. The van der Waals surface area contributed by atoms with E-state index in [1.54, 1.807) is 0 Å². The second kappa shape index (κ2) is 8.44. The van der Waals surface area contributed by atoms with Crippen LogP contribution >= 0.6 is 0 Å². The van der Waals surface area contributed by atoms with Crippen LogP contribution < -0.4 is 5.32 Å². The molecule has 0 amide bonds. The number of allylic oxidation sites excluding steroid dienone is 2. The molecule has 1 N–H and O–H groups in total. The fourth-order valence-electron chi connectivity index (χ4n) is 5.94. The van der Waals surface area contributed by atoms with E-state index >= 15 is 0 Å². The highest BCUT2D eigenvalue weighted by Gasteiger charge is 2.29. The highest BCUT2D eigenvalue weighted by atomic mass is 15.3. The predicted octanol–water partition coefficient (Wildman–Crippen LogP) is 4.34. The maximum Gasteiger partial charge on any atom is 0.0792 e. The highest BCUT2D eigenvalue weighted by molar-refractivity contribution is 5.83. The molecule has 4 heterocycles. The Balaban J connectivity index is 1.30. The first-order valence-corrected chi connectivity index (χ1v) is 12.0. The molecule has 3 aliphatic rings. The highest BCUT2D eigenvalue weighted by Crippen LogP contribution is 2.37. The van der Waals surface area contributed by atoms with Crippen LogP contribution in [0.4, 0.5) is 0 Å². The molecule has 2 aromatic rings. The molecular formula is C26H37N5. The van der Waals surface area contributed by atoms with Crippen LogP contribution in [0.25, 0.3) is 10.9 Å². The lowest BCUT2D eigenvalue weighted by molar-refractivity contribution is 0.0966. The van der Waals surface area contributed by atoms with E-state index in [0.29, 0.717) is 5.92 Å². The summed E-state index contributed by atoms with van der Waals surface area (Å²) in [6.45, 7) is 13.3. The lowest BCUT2D eigenvalue weighted by Gasteiger charge is -2.41. The minimum absolute atomic E-state index is 0.262. The summed E-state index contributed by atoms with van der Waals surface area (Å²) in [6, 6.07) is 7.88. The summed E-state index contributed by atoms with van der Waals surface area (Å²) < 4.78 is 2.07. The van der Waals surface area contributed by atoms with Crippen LogP contribution in [0, 0.1) is 0 Å². The Morgan fingerprint density at radius 1 is 0.968 bits per heavy atom. The molecule has 5 rings (SSSR count). The summed E-state index contributed by atoms with van der Waals surface area (Å²) in [4.78, 5) is 5.23. The van der Waals surface area contributed by atoms with Crippen LogP contribution in [0.5, 0.6) is 0 Å². The van der Waals surface area contributed by atoms with Gasteiger partial charge in [0.15, 0.2) is 0 Å². The number of fused-ring (bicyclic) bond motifs is 1. The topological polar surface area (TPSA) is 36.3 Å². The molecule has 5 heteroatoms. The smallest absolute Gasteiger partial charge is 0.0792 e. The van der Waals surface area contributed by atoms with Crippen molar-refractivity contribution >= 4 is 10.9 Å². The predicted molar refractivity (Wildman–Crippen MR) is 128 cm³/mol. The van der Waals surface area contributed by atoms with E-state index in [9.17, 15) is 0 Å². The van der Waals surface area contributed by atoms with Crippen molar-refractivity contribution < 1.29 is 0 Å². The first kappa shape index (κ1) is 20.8. The second-order valence-corrected chi connectivity index (χ2v) is 9.98. The van der Waals surface area contributed by atoms with E-state index in [-0.39, 0.29) is 5.92 Å². The van der Waals surface area contributed by atoms with E-state index in [1.807, 2.05) is 0 Å². The van der Waals surface area contributed by atoms with Gasteiger partial charge in [-0.2, -0.15) is 5.10 Å². The first-order chi connectivity index (χ1) is 15.0. The maximum absolute atomic E-state index is 4.93. The molecule has 166 valence electrons. The molecular weight excluding hydrogens is 382 g/mol. The average Bonchev–Trinajstić information content (AvgIpc) is 3.10. The van der Waals surface area contributed by atoms with Crippen molar-refractivity contribution in [2.24, 2.45) is 7.05 Å². The van der Waals surface area contributed by atoms with Gasteiger partial charge in [-0.3, -0.25) is 4.68 Å². The van der Waals surface area contributed by atoms with Gasteiger partial charge in [0.25, 0.3) is 0 Å². The Morgan fingerprint density at radius 3 is 2.42 bits per heavy atom. The first-order valence-electron chi connectivity index (χ1n) is 12.0. The largest absolute Gasteiger partial charge is 0.363 e. The fraction of sp³-hybridized carbons (Fsp3) is 0.577. The third-order valence-electron chi connectivity index (χ3n) is 7.93. The molecule has 1 aromatic carbocycles. The maximum atomic E-state index is 4.93. The van der Waals surface area contributed by atoms with Crippen LogP contribution in [-0.4, -0.2) is 58.8 Å². The van der Waals surface area contributed by atoms with Gasteiger partial charge in [0.1, 0.15) is 0 Å². The third kappa shape index (κ3) is 4.06. The summed E-state index contributed by atoms with van der Waals surface area (Å²) >= 11 is 0. The fourth-order valence-corrected chi connectivity index (χ4v) is 5.94. The molecule has 0 spiro atoms. The number of likely N-dealkylation sites (tertiary alicyclic amines) is 2. The molecule has 3 fully saturated rings.